The lowest BCUT2D eigenvalue weighted by molar-refractivity contribution is 0.0550. The number of hydrogen-bond acceptors (Lipinski definition) is 8. The summed E-state index contributed by atoms with van der Waals surface area (Å²) in [5.41, 5.74) is 1.56. The molecule has 1 saturated heterocycles. The summed E-state index contributed by atoms with van der Waals surface area (Å²) in [5.74, 6) is -0.303. The van der Waals surface area contributed by atoms with Crippen molar-refractivity contribution in [3.8, 4) is 16.5 Å². The molecule has 0 spiro atoms. The van der Waals surface area contributed by atoms with Crippen LogP contribution < -0.4 is 16.4 Å². The van der Waals surface area contributed by atoms with Crippen LogP contribution in [0.3, 0.4) is 0 Å². The van der Waals surface area contributed by atoms with Crippen LogP contribution in [0.15, 0.2) is 34.2 Å². The van der Waals surface area contributed by atoms with Gasteiger partial charge in [-0.2, -0.15) is 9.61 Å². The van der Waals surface area contributed by atoms with Gasteiger partial charge in [-0.1, -0.05) is 0 Å². The van der Waals surface area contributed by atoms with Crippen molar-refractivity contribution in [2.45, 2.75) is 37.8 Å². The van der Waals surface area contributed by atoms with E-state index in [0.29, 0.717) is 52.9 Å². The first-order chi connectivity index (χ1) is 16.9. The first kappa shape index (κ1) is 21.7. The third-order valence-corrected chi connectivity index (χ3v) is 7.29. The maximum absolute atomic E-state index is 13.0. The monoisotopic (exact) mass is 493 g/mol. The van der Waals surface area contributed by atoms with Gasteiger partial charge in [0.1, 0.15) is 5.69 Å². The number of hydrogen-bond donors (Lipinski definition) is 4. The fraction of sp³-hybridized carbons (Fsp3) is 0.348. The van der Waals surface area contributed by atoms with Crippen LogP contribution in [0.5, 0.6) is 5.88 Å². The highest BCUT2D eigenvalue weighted by molar-refractivity contribution is 7.17. The number of aromatic nitrogens is 5. The predicted molar refractivity (Wildman–Crippen MR) is 128 cm³/mol. The molecule has 4 N–H and O–H groups in total. The number of carbonyl (C=O) groups excluding carboxylic acids is 1. The molecule has 180 valence electrons. The summed E-state index contributed by atoms with van der Waals surface area (Å²) in [7, 11) is 0. The van der Waals surface area contributed by atoms with Gasteiger partial charge in [0.2, 0.25) is 5.88 Å². The SMILES string of the molecule is O=C(c1ccc(-c2cc(=NC3CC3)n3nc/c(=C\c4[nH]c(=O)[nH]c4O)c3n2)s1)N1CCC(O)CC1. The largest absolute Gasteiger partial charge is 0.493 e. The van der Waals surface area contributed by atoms with Crippen LogP contribution in [0.25, 0.3) is 22.3 Å². The number of aliphatic hydroxyl groups is 1. The van der Waals surface area contributed by atoms with Crippen LogP contribution in [0.4, 0.5) is 0 Å². The van der Waals surface area contributed by atoms with Gasteiger partial charge >= 0.3 is 5.69 Å². The third kappa shape index (κ3) is 4.26. The molecule has 11 nitrogen and oxygen atoms in total. The topological polar surface area (TPSA) is 152 Å². The molecule has 1 amide bonds. The fourth-order valence-corrected chi connectivity index (χ4v) is 5.07. The molecule has 6 rings (SSSR count). The van der Waals surface area contributed by atoms with Crippen molar-refractivity contribution in [1.29, 1.82) is 0 Å². The van der Waals surface area contributed by atoms with Crippen LogP contribution in [0, 0.1) is 0 Å². The van der Waals surface area contributed by atoms with Crippen molar-refractivity contribution < 1.29 is 15.0 Å². The summed E-state index contributed by atoms with van der Waals surface area (Å²) in [5, 5.41) is 24.7. The average Bonchev–Trinajstić information content (AvgIpc) is 3.23. The number of thiophene rings is 1. The van der Waals surface area contributed by atoms with E-state index in [4.69, 9.17) is 9.98 Å². The molecule has 2 aliphatic rings. The number of H-pyrrole nitrogens is 2. The van der Waals surface area contributed by atoms with Gasteiger partial charge < -0.3 is 20.1 Å². The van der Waals surface area contributed by atoms with Gasteiger partial charge in [0.15, 0.2) is 11.1 Å². The molecule has 0 atom stereocenters. The van der Waals surface area contributed by atoms with Crippen LogP contribution in [-0.2, 0) is 0 Å². The Hall–Kier alpha value is -3.77. The molecule has 1 aliphatic carbocycles. The summed E-state index contributed by atoms with van der Waals surface area (Å²) >= 11 is 1.37. The van der Waals surface area contributed by atoms with Crippen LogP contribution in [0.1, 0.15) is 41.0 Å². The number of aromatic hydroxyl groups is 1. The van der Waals surface area contributed by atoms with Gasteiger partial charge in [0.05, 0.1) is 33.8 Å². The number of imidazole rings is 1. The lowest BCUT2D eigenvalue weighted by atomic mass is 10.1. The van der Waals surface area contributed by atoms with E-state index in [1.807, 2.05) is 18.2 Å². The second kappa shape index (κ2) is 8.47. The van der Waals surface area contributed by atoms with Gasteiger partial charge in [0, 0.05) is 24.4 Å². The summed E-state index contributed by atoms with van der Waals surface area (Å²) in [6.45, 7) is 1.09. The standard InChI is InChI=1S/C23H23N7O4S/c31-14-5-7-29(8-6-14)22(33)18-4-3-17(35-18)15-10-19(25-13-1-2-13)30-20(26-15)12(11-24-30)9-16-21(32)28-23(34)27-16/h3-4,9-11,13-14,31-32H,1-2,5-8H2,(H2,27,28,34)/b12-9+,25-19?. The zero-order valence-corrected chi connectivity index (χ0v) is 19.5. The van der Waals surface area contributed by atoms with E-state index in [1.54, 1.807) is 21.7 Å². The number of likely N-dealkylation sites (tertiary alicyclic amines) is 1. The van der Waals surface area contributed by atoms with Gasteiger partial charge in [-0.15, -0.1) is 11.3 Å². The highest BCUT2D eigenvalue weighted by Gasteiger charge is 2.24. The molecule has 0 aromatic carbocycles. The molecule has 0 radical (unpaired) electrons. The average molecular weight is 494 g/mol. The zero-order valence-electron chi connectivity index (χ0n) is 18.6. The van der Waals surface area contributed by atoms with Crippen molar-refractivity contribution in [2.24, 2.45) is 4.99 Å². The number of nitrogens with zero attached hydrogens (tertiary/aromatic N) is 5. The lowest BCUT2D eigenvalue weighted by Gasteiger charge is -2.29. The van der Waals surface area contributed by atoms with Crippen LogP contribution >= 0.6 is 11.3 Å². The van der Waals surface area contributed by atoms with E-state index >= 15 is 0 Å². The van der Waals surface area contributed by atoms with Gasteiger partial charge in [-0.3, -0.25) is 14.8 Å². The Morgan fingerprint density at radius 2 is 2.00 bits per heavy atom. The number of fused-ring (bicyclic) bond motifs is 1. The highest BCUT2D eigenvalue weighted by Crippen LogP contribution is 2.28. The number of amides is 1. The van der Waals surface area contributed by atoms with Crippen molar-refractivity contribution in [2.75, 3.05) is 13.1 Å². The van der Waals surface area contributed by atoms with Crippen molar-refractivity contribution in [3.63, 3.8) is 0 Å². The van der Waals surface area contributed by atoms with E-state index in [2.05, 4.69) is 15.1 Å². The smallest absolute Gasteiger partial charge is 0.326 e. The predicted octanol–water partition coefficient (Wildman–Crippen LogP) is 0.387. The number of rotatable bonds is 4. The normalized spacial score (nSPS) is 18.1. The number of carbonyl (C=O) groups is 1. The van der Waals surface area contributed by atoms with Crippen molar-refractivity contribution in [3.05, 3.63) is 56.2 Å². The molecule has 1 saturated carbocycles. The molecular formula is C23H23N7O4S. The van der Waals surface area contributed by atoms with Gasteiger partial charge in [-0.05, 0) is 43.9 Å². The van der Waals surface area contributed by atoms with Crippen molar-refractivity contribution in [1.82, 2.24) is 29.5 Å². The Balaban J connectivity index is 1.42. The molecule has 35 heavy (non-hydrogen) atoms. The Kier molecular flexibility index (Phi) is 5.26. The molecule has 2 fully saturated rings. The van der Waals surface area contributed by atoms with Gasteiger partial charge in [0.25, 0.3) is 5.91 Å². The van der Waals surface area contributed by atoms with Crippen molar-refractivity contribution >= 4 is 29.0 Å². The van der Waals surface area contributed by atoms with Crippen LogP contribution in [-0.4, -0.2) is 70.8 Å². The molecular weight excluding hydrogens is 470 g/mol. The van der Waals surface area contributed by atoms with E-state index in [-0.39, 0.29) is 29.6 Å². The van der Waals surface area contributed by atoms with E-state index in [9.17, 15) is 19.8 Å². The summed E-state index contributed by atoms with van der Waals surface area (Å²) in [6.07, 6.45) is 6.11. The molecule has 12 heteroatoms. The number of nitrogens with one attached hydrogen (secondary N) is 2. The Bertz CT molecular complexity index is 1600. The minimum absolute atomic E-state index is 0.0395. The quantitative estimate of drug-likeness (QED) is 0.323. The Morgan fingerprint density at radius 1 is 1.20 bits per heavy atom. The van der Waals surface area contributed by atoms with Gasteiger partial charge in [-0.25, -0.2) is 9.78 Å². The Morgan fingerprint density at radius 3 is 2.71 bits per heavy atom. The molecule has 5 heterocycles. The number of piperidine rings is 1. The highest BCUT2D eigenvalue weighted by atomic mass is 32.1. The minimum Gasteiger partial charge on any atom is -0.493 e. The van der Waals surface area contributed by atoms with E-state index in [1.165, 1.54) is 11.3 Å². The van der Waals surface area contributed by atoms with E-state index < -0.39 is 5.69 Å². The molecule has 1 aliphatic heterocycles. The Labute approximate surface area is 202 Å². The summed E-state index contributed by atoms with van der Waals surface area (Å²) in [4.78, 5) is 42.1. The first-order valence-corrected chi connectivity index (χ1v) is 12.3. The molecule has 4 aromatic heterocycles. The molecule has 0 bridgehead atoms. The third-order valence-electron chi connectivity index (χ3n) is 6.20. The summed E-state index contributed by atoms with van der Waals surface area (Å²) in [6, 6.07) is 5.81. The number of aromatic amines is 2. The first-order valence-electron chi connectivity index (χ1n) is 11.5. The zero-order chi connectivity index (χ0) is 24.1. The number of aliphatic hydroxyl groups excluding tert-OH is 1. The second-order valence-corrected chi connectivity index (χ2v) is 9.95. The lowest BCUT2D eigenvalue weighted by Crippen LogP contribution is -2.39. The fourth-order valence-electron chi connectivity index (χ4n) is 4.14. The van der Waals surface area contributed by atoms with E-state index in [0.717, 1.165) is 17.7 Å². The molecule has 0 unspecified atom stereocenters. The second-order valence-electron chi connectivity index (χ2n) is 8.87. The summed E-state index contributed by atoms with van der Waals surface area (Å²) < 4.78 is 1.65. The van der Waals surface area contributed by atoms with Crippen LogP contribution in [0.2, 0.25) is 0 Å². The minimum atomic E-state index is -0.512. The molecule has 4 aromatic rings. The maximum Gasteiger partial charge on any atom is 0.326 e. The maximum atomic E-state index is 13.0.